The van der Waals surface area contributed by atoms with Gasteiger partial charge in [0.15, 0.2) is 0 Å². The van der Waals surface area contributed by atoms with Gasteiger partial charge in [0.2, 0.25) is 0 Å². The second-order valence-electron chi connectivity index (χ2n) is 18.1. The Hall–Kier alpha value is -1.73. The second-order valence-corrected chi connectivity index (χ2v) is 18.1. The van der Waals surface area contributed by atoms with E-state index in [4.69, 9.17) is 9.98 Å². The molecule has 340 valence electrons. The third-order valence-electron chi connectivity index (χ3n) is 12.4. The zero-order valence-electron chi connectivity index (χ0n) is 39.5. The quantitative estimate of drug-likeness (QED) is 0.0361. The van der Waals surface area contributed by atoms with Crippen LogP contribution < -0.4 is 0 Å². The van der Waals surface area contributed by atoms with Crippen molar-refractivity contribution in [2.75, 3.05) is 0 Å². The zero-order chi connectivity index (χ0) is 41.2. The Labute approximate surface area is 378 Å². The van der Waals surface area contributed by atoms with Crippen molar-refractivity contribution in [3.05, 3.63) is 59.7 Å². The fourth-order valence-corrected chi connectivity index (χ4v) is 8.50. The monoisotopic (exact) mass is 855 g/mol. The molecule has 0 aromatic heterocycles. The van der Waals surface area contributed by atoms with Crippen LogP contribution in [0.3, 0.4) is 0 Å². The van der Waals surface area contributed by atoms with Crippen LogP contribution >= 0.6 is 0 Å². The van der Waals surface area contributed by atoms with E-state index in [0.29, 0.717) is 0 Å². The van der Waals surface area contributed by atoms with Gasteiger partial charge >= 0.3 is 0 Å². The van der Waals surface area contributed by atoms with Crippen molar-refractivity contribution in [1.29, 1.82) is 0 Å². The summed E-state index contributed by atoms with van der Waals surface area (Å²) < 4.78 is 0. The maximum absolute atomic E-state index is 5.12. The van der Waals surface area contributed by atoms with E-state index in [0.717, 1.165) is 42.8 Å². The number of hydrogen-bond donors (Lipinski definition) is 0. The zero-order valence-corrected chi connectivity index (χ0v) is 40.5. The fraction of sp³-hybridized carbons (Fsp3) is 0.750. The Balaban J connectivity index is 0.0000174. The van der Waals surface area contributed by atoms with E-state index in [1.165, 1.54) is 236 Å². The van der Waals surface area contributed by atoms with Crippen LogP contribution in [0.1, 0.15) is 269 Å². The molecule has 2 nitrogen and oxygen atoms in total. The molecule has 3 heteroatoms. The van der Waals surface area contributed by atoms with Crippen LogP contribution in [0.4, 0.5) is 11.4 Å². The fourth-order valence-electron chi connectivity index (χ4n) is 8.50. The van der Waals surface area contributed by atoms with Crippen molar-refractivity contribution in [2.45, 2.75) is 271 Å². The van der Waals surface area contributed by atoms with Gasteiger partial charge in [0.1, 0.15) is 0 Å². The predicted molar refractivity (Wildman–Crippen MR) is 263 cm³/mol. The molecule has 0 bridgehead atoms. The summed E-state index contributed by atoms with van der Waals surface area (Å²) in [6, 6.07) is 17.9. The summed E-state index contributed by atoms with van der Waals surface area (Å²) in [6.45, 7) is 6.87. The van der Waals surface area contributed by atoms with Crippen LogP contribution in [0.2, 0.25) is 0 Å². The number of benzene rings is 2. The molecule has 0 amide bonds. The minimum atomic E-state index is 0. The predicted octanol–water partition coefficient (Wildman–Crippen LogP) is 19.7. The first-order valence-electron chi connectivity index (χ1n) is 26.0. The van der Waals surface area contributed by atoms with Gasteiger partial charge in [-0.15, -0.1) is 0 Å². The van der Waals surface area contributed by atoms with Crippen LogP contribution in [-0.4, -0.2) is 11.9 Å². The van der Waals surface area contributed by atoms with Crippen molar-refractivity contribution in [2.24, 2.45) is 9.98 Å². The molecule has 0 unspecified atom stereocenters. The van der Waals surface area contributed by atoms with E-state index in [-0.39, 0.29) is 16.5 Å². The van der Waals surface area contributed by atoms with E-state index in [2.05, 4.69) is 69.3 Å². The topological polar surface area (TPSA) is 24.7 Å². The molecule has 0 spiro atoms. The van der Waals surface area contributed by atoms with Gasteiger partial charge < -0.3 is 0 Å². The average molecular weight is 856 g/mol. The largest absolute Gasteiger partial charge is 0.255 e. The van der Waals surface area contributed by atoms with Crippen LogP contribution in [0.5, 0.6) is 0 Å². The summed E-state index contributed by atoms with van der Waals surface area (Å²) in [5.74, 6) is 0. The first-order chi connectivity index (χ1) is 28.7. The summed E-state index contributed by atoms with van der Waals surface area (Å²) in [5.41, 5.74) is 6.07. The van der Waals surface area contributed by atoms with Crippen molar-refractivity contribution in [3.63, 3.8) is 0 Å². The SMILES string of the molecule is CCCCCCCCCCCCCCCCCCCc1cccc(N=CC(CCCC)=Nc2cccc(CCCCCCCCCCCCCCCCCCC)c2)c1.[Ni]. The Bertz CT molecular complexity index is 1230. The van der Waals surface area contributed by atoms with E-state index < -0.39 is 0 Å². The van der Waals surface area contributed by atoms with Gasteiger partial charge in [0, 0.05) is 22.7 Å². The van der Waals surface area contributed by atoms with Crippen molar-refractivity contribution < 1.29 is 16.5 Å². The summed E-state index contributed by atoms with van der Waals surface area (Å²) in [4.78, 5) is 10.1. The molecule has 0 radical (unpaired) electrons. The van der Waals surface area contributed by atoms with E-state index in [1.54, 1.807) is 0 Å². The van der Waals surface area contributed by atoms with Gasteiger partial charge in [0.05, 0.1) is 17.1 Å². The number of unbranched alkanes of at least 4 members (excludes halogenated alkanes) is 33. The van der Waals surface area contributed by atoms with Crippen LogP contribution in [-0.2, 0) is 29.3 Å². The van der Waals surface area contributed by atoms with E-state index in [9.17, 15) is 0 Å². The van der Waals surface area contributed by atoms with Gasteiger partial charge in [-0.25, -0.2) is 0 Å². The van der Waals surface area contributed by atoms with Gasteiger partial charge in [-0.3, -0.25) is 9.98 Å². The van der Waals surface area contributed by atoms with Crippen LogP contribution in [0.15, 0.2) is 58.5 Å². The molecule has 0 aliphatic carbocycles. The van der Waals surface area contributed by atoms with Crippen molar-refractivity contribution in [1.82, 2.24) is 0 Å². The number of hydrogen-bond acceptors (Lipinski definition) is 2. The normalized spacial score (nSPS) is 11.8. The molecular weight excluding hydrogens is 759 g/mol. The molecule has 0 aliphatic heterocycles. The minimum absolute atomic E-state index is 0. The molecule has 0 N–H and O–H groups in total. The molecule has 0 fully saturated rings. The minimum Gasteiger partial charge on any atom is -0.255 e. The molecule has 0 atom stereocenters. The number of aliphatic imine (C=N–C) groups is 2. The first-order valence-corrected chi connectivity index (χ1v) is 26.0. The second kappa shape index (κ2) is 42.9. The van der Waals surface area contributed by atoms with Crippen LogP contribution in [0, 0.1) is 0 Å². The third kappa shape index (κ3) is 34.5. The molecule has 0 aliphatic rings. The number of rotatable bonds is 42. The Morgan fingerprint density at radius 2 is 0.678 bits per heavy atom. The Kier molecular flexibility index (Phi) is 40.2. The molecular formula is C56H96N2Ni. The van der Waals surface area contributed by atoms with Gasteiger partial charge in [-0.2, -0.15) is 0 Å². The maximum Gasteiger partial charge on any atom is 0.0636 e. The molecule has 59 heavy (non-hydrogen) atoms. The maximum atomic E-state index is 5.12. The smallest absolute Gasteiger partial charge is 0.0636 e. The molecule has 0 heterocycles. The Morgan fingerprint density at radius 3 is 1.03 bits per heavy atom. The Morgan fingerprint density at radius 1 is 0.373 bits per heavy atom. The summed E-state index contributed by atoms with van der Waals surface area (Å²) in [7, 11) is 0. The van der Waals surface area contributed by atoms with E-state index >= 15 is 0 Å². The summed E-state index contributed by atoms with van der Waals surface area (Å²) in [6.07, 6.45) is 56.0. The number of nitrogens with zero attached hydrogens (tertiary/aromatic N) is 2. The van der Waals surface area contributed by atoms with Gasteiger partial charge in [0.25, 0.3) is 0 Å². The first kappa shape index (κ1) is 55.3. The number of aryl methyl sites for hydroxylation is 2. The molecule has 0 saturated heterocycles. The summed E-state index contributed by atoms with van der Waals surface area (Å²) >= 11 is 0. The summed E-state index contributed by atoms with van der Waals surface area (Å²) in [5, 5.41) is 0. The van der Waals surface area contributed by atoms with Crippen LogP contribution in [0.25, 0.3) is 0 Å². The molecule has 2 aromatic rings. The third-order valence-corrected chi connectivity index (χ3v) is 12.4. The average Bonchev–Trinajstić information content (AvgIpc) is 3.24. The standard InChI is InChI=1S/C56H96N2.Ni/c1-4-7-10-12-14-16-18-20-22-24-26-28-30-32-34-36-38-42-52-44-40-47-54(49-52)57-51-56(46-9-6-3)58-55-48-41-45-53(50-55)43-39-37-35-33-31-29-27-25-23-21-19-17-15-13-11-8-5-2;/h40-41,44-45,47-51H,4-39,42-43,46H2,1-3H3;. The van der Waals surface area contributed by atoms with Crippen molar-refractivity contribution >= 4 is 23.3 Å². The van der Waals surface area contributed by atoms with Crippen molar-refractivity contribution in [3.8, 4) is 0 Å². The molecule has 0 saturated carbocycles. The van der Waals surface area contributed by atoms with E-state index in [1.807, 2.05) is 6.21 Å². The molecule has 2 rings (SSSR count). The van der Waals surface area contributed by atoms with Gasteiger partial charge in [-0.1, -0.05) is 257 Å². The molecule has 2 aromatic carbocycles. The van der Waals surface area contributed by atoms with Gasteiger partial charge in [-0.05, 0) is 73.9 Å².